The molecule has 1 aliphatic carbocycles. The second-order valence-electron chi connectivity index (χ2n) is 9.94. The van der Waals surface area contributed by atoms with E-state index >= 15 is 0 Å². The molecule has 0 heterocycles. The van der Waals surface area contributed by atoms with Crippen LogP contribution in [0.5, 0.6) is 17.2 Å². The summed E-state index contributed by atoms with van der Waals surface area (Å²) in [4.78, 5) is 48.2. The summed E-state index contributed by atoms with van der Waals surface area (Å²) < 4.78 is 26.7. The van der Waals surface area contributed by atoms with E-state index in [2.05, 4.69) is 13.2 Å². The Morgan fingerprint density at radius 3 is 2.24 bits per heavy atom. The molecule has 3 rings (SSSR count). The molecule has 0 atom stereocenters. The van der Waals surface area contributed by atoms with Crippen molar-refractivity contribution in [3.8, 4) is 17.2 Å². The molecule has 0 saturated heterocycles. The first kappa shape index (κ1) is 31.9. The molecule has 0 aromatic heterocycles. The first-order valence-electron chi connectivity index (χ1n) is 13.8. The second-order valence-corrected chi connectivity index (χ2v) is 9.94. The van der Waals surface area contributed by atoms with E-state index in [4.69, 9.17) is 23.7 Å². The van der Waals surface area contributed by atoms with Crippen LogP contribution < -0.4 is 14.2 Å². The van der Waals surface area contributed by atoms with Crippen LogP contribution in [0.1, 0.15) is 56.6 Å². The van der Waals surface area contributed by atoms with Crippen LogP contribution in [0.15, 0.2) is 72.8 Å². The maximum atomic E-state index is 12.3. The van der Waals surface area contributed by atoms with Crippen LogP contribution in [0.25, 0.3) is 6.08 Å². The Morgan fingerprint density at radius 1 is 0.881 bits per heavy atom. The van der Waals surface area contributed by atoms with Crippen LogP contribution in [0.2, 0.25) is 0 Å². The van der Waals surface area contributed by atoms with Crippen molar-refractivity contribution in [1.82, 2.24) is 0 Å². The minimum Gasteiger partial charge on any atom is -0.490 e. The zero-order valence-corrected chi connectivity index (χ0v) is 24.0. The third kappa shape index (κ3) is 10.7. The predicted molar refractivity (Wildman–Crippen MR) is 156 cm³/mol. The Morgan fingerprint density at radius 2 is 1.57 bits per heavy atom. The topological polar surface area (TPSA) is 114 Å². The fourth-order valence-electron chi connectivity index (χ4n) is 4.05. The molecule has 0 unspecified atom stereocenters. The molecule has 0 amide bonds. The minimum absolute atomic E-state index is 0.0152. The molecular formula is C33H36O9. The molecular weight excluding hydrogens is 540 g/mol. The van der Waals surface area contributed by atoms with Crippen LogP contribution >= 0.6 is 0 Å². The van der Waals surface area contributed by atoms with Gasteiger partial charge in [0.05, 0.1) is 6.42 Å². The fraction of sp³-hybridized carbons (Fsp3) is 0.333. The fourth-order valence-corrected chi connectivity index (χ4v) is 4.05. The average molecular weight is 577 g/mol. The summed E-state index contributed by atoms with van der Waals surface area (Å²) in [6.07, 6.45) is 7.45. The van der Waals surface area contributed by atoms with Gasteiger partial charge in [0.1, 0.15) is 36.6 Å². The number of carbonyl (C=O) groups excluding carboxylic acids is 4. The Kier molecular flexibility index (Phi) is 12.1. The lowest BCUT2D eigenvalue weighted by Crippen LogP contribution is -2.22. The van der Waals surface area contributed by atoms with E-state index in [0.717, 1.165) is 37.7 Å². The van der Waals surface area contributed by atoms with Crippen molar-refractivity contribution in [3.05, 3.63) is 84.0 Å². The number of aryl methyl sites for hydroxylation is 1. The summed E-state index contributed by atoms with van der Waals surface area (Å²) in [6, 6.07) is 11.4. The van der Waals surface area contributed by atoms with Gasteiger partial charge in [-0.1, -0.05) is 31.7 Å². The Bertz CT molecular complexity index is 1330. The highest BCUT2D eigenvalue weighted by molar-refractivity contribution is 5.94. The molecule has 0 aliphatic heterocycles. The molecule has 2 aromatic carbocycles. The molecule has 0 spiro atoms. The average Bonchev–Trinajstić information content (AvgIpc) is 2.96. The number of carbonyl (C=O) groups is 4. The Hall–Kier alpha value is -4.66. The molecule has 0 bridgehead atoms. The van der Waals surface area contributed by atoms with Crippen LogP contribution in [-0.2, 0) is 28.7 Å². The highest BCUT2D eigenvalue weighted by Gasteiger charge is 2.20. The lowest BCUT2D eigenvalue weighted by Gasteiger charge is -2.21. The van der Waals surface area contributed by atoms with Gasteiger partial charge in [0.15, 0.2) is 0 Å². The Balaban J connectivity index is 1.42. The number of hydrogen-bond donors (Lipinski definition) is 0. The van der Waals surface area contributed by atoms with Gasteiger partial charge in [-0.25, -0.2) is 14.4 Å². The lowest BCUT2D eigenvalue weighted by atomic mass is 9.98. The maximum Gasteiger partial charge on any atom is 0.339 e. The Labute approximate surface area is 245 Å². The number of benzene rings is 2. The largest absolute Gasteiger partial charge is 0.490 e. The van der Waals surface area contributed by atoms with Crippen molar-refractivity contribution < 1.29 is 42.9 Å². The van der Waals surface area contributed by atoms with E-state index in [1.54, 1.807) is 62.4 Å². The van der Waals surface area contributed by atoms with Gasteiger partial charge in [-0.15, -0.1) is 0 Å². The van der Waals surface area contributed by atoms with Gasteiger partial charge < -0.3 is 23.7 Å². The van der Waals surface area contributed by atoms with Crippen LogP contribution in [0.3, 0.4) is 0 Å². The third-order valence-electron chi connectivity index (χ3n) is 6.29. The van der Waals surface area contributed by atoms with Gasteiger partial charge >= 0.3 is 23.9 Å². The summed E-state index contributed by atoms with van der Waals surface area (Å²) in [5.74, 6) is -1.06. The summed E-state index contributed by atoms with van der Waals surface area (Å²) in [5.41, 5.74) is 1.75. The third-order valence-corrected chi connectivity index (χ3v) is 6.29. The van der Waals surface area contributed by atoms with Crippen molar-refractivity contribution in [3.63, 3.8) is 0 Å². The lowest BCUT2D eigenvalue weighted by molar-refractivity contribution is -0.150. The summed E-state index contributed by atoms with van der Waals surface area (Å²) in [7, 11) is 0. The van der Waals surface area contributed by atoms with Crippen LogP contribution in [0, 0.1) is 6.92 Å². The molecule has 9 nitrogen and oxygen atoms in total. The zero-order valence-electron chi connectivity index (χ0n) is 24.0. The normalized spacial score (nSPS) is 13.2. The van der Waals surface area contributed by atoms with Crippen molar-refractivity contribution in [2.75, 3.05) is 13.2 Å². The van der Waals surface area contributed by atoms with E-state index < -0.39 is 23.9 Å². The van der Waals surface area contributed by atoms with Gasteiger partial charge in [0, 0.05) is 17.2 Å². The minimum atomic E-state index is -0.708. The highest BCUT2D eigenvalue weighted by Crippen LogP contribution is 2.24. The van der Waals surface area contributed by atoms with Crippen molar-refractivity contribution >= 4 is 30.0 Å². The number of esters is 4. The van der Waals surface area contributed by atoms with Gasteiger partial charge in [-0.3, -0.25) is 4.79 Å². The standard InChI is InChI=1S/C33H36O9/c1-22(2)32(36)39-19-18-38-29-16-15-28(20-23(29)3)41-30(34)17-12-25-10-13-27(14-11-25)42-33(37)24(4)21-31(35)40-26-8-6-5-7-9-26/h10-17,20,26H,1,4-9,18-19,21H2,2-3H3/b17-12+. The predicted octanol–water partition coefficient (Wildman–Crippen LogP) is 5.84. The zero-order chi connectivity index (χ0) is 30.5. The first-order valence-corrected chi connectivity index (χ1v) is 13.8. The molecule has 42 heavy (non-hydrogen) atoms. The molecule has 2 aromatic rings. The number of rotatable bonds is 13. The summed E-state index contributed by atoms with van der Waals surface area (Å²) in [6.45, 7) is 10.8. The van der Waals surface area contributed by atoms with E-state index in [-0.39, 0.29) is 37.1 Å². The molecule has 1 fully saturated rings. The van der Waals surface area contributed by atoms with Gasteiger partial charge in [-0.2, -0.15) is 0 Å². The first-order chi connectivity index (χ1) is 20.1. The smallest absolute Gasteiger partial charge is 0.339 e. The molecule has 9 heteroatoms. The molecule has 0 radical (unpaired) electrons. The van der Waals surface area contributed by atoms with Crippen LogP contribution in [0.4, 0.5) is 0 Å². The van der Waals surface area contributed by atoms with E-state index in [0.29, 0.717) is 22.6 Å². The van der Waals surface area contributed by atoms with Crippen molar-refractivity contribution in [2.45, 2.75) is 58.5 Å². The van der Waals surface area contributed by atoms with E-state index in [1.807, 2.05) is 0 Å². The molecule has 1 aliphatic rings. The van der Waals surface area contributed by atoms with Gasteiger partial charge in [0.2, 0.25) is 0 Å². The van der Waals surface area contributed by atoms with Gasteiger partial charge in [0.25, 0.3) is 0 Å². The van der Waals surface area contributed by atoms with Crippen LogP contribution in [-0.4, -0.2) is 43.2 Å². The van der Waals surface area contributed by atoms with E-state index in [1.165, 1.54) is 6.08 Å². The molecule has 222 valence electrons. The maximum absolute atomic E-state index is 12.3. The summed E-state index contributed by atoms with van der Waals surface area (Å²) >= 11 is 0. The summed E-state index contributed by atoms with van der Waals surface area (Å²) in [5, 5.41) is 0. The molecule has 0 N–H and O–H groups in total. The number of ether oxygens (including phenoxy) is 5. The molecule has 1 saturated carbocycles. The van der Waals surface area contributed by atoms with Gasteiger partial charge in [-0.05, 0) is 87.1 Å². The van der Waals surface area contributed by atoms with E-state index in [9.17, 15) is 19.2 Å². The monoisotopic (exact) mass is 576 g/mol. The second kappa shape index (κ2) is 16.0. The quantitative estimate of drug-likeness (QED) is 0.126. The SMILES string of the molecule is C=C(C)C(=O)OCCOc1ccc(OC(=O)/C=C/c2ccc(OC(=O)C(=C)CC(=O)OC3CCCCC3)cc2)cc1C. The number of hydrogen-bond acceptors (Lipinski definition) is 9. The van der Waals surface area contributed by atoms with Crippen molar-refractivity contribution in [2.24, 2.45) is 0 Å². The van der Waals surface area contributed by atoms with Crippen molar-refractivity contribution in [1.29, 1.82) is 0 Å². The highest BCUT2D eigenvalue weighted by atomic mass is 16.6.